The van der Waals surface area contributed by atoms with Crippen molar-refractivity contribution >= 4 is 15.5 Å². The van der Waals surface area contributed by atoms with Crippen molar-refractivity contribution in [1.82, 2.24) is 14.7 Å². The topological polar surface area (TPSA) is 80.5 Å². The molecule has 6 nitrogen and oxygen atoms in total. The van der Waals surface area contributed by atoms with Gasteiger partial charge in [0.15, 0.2) is 9.84 Å². The number of hydrogen-bond donors (Lipinski definition) is 1. The highest BCUT2D eigenvalue weighted by Crippen LogP contribution is 2.23. The van der Waals surface area contributed by atoms with E-state index >= 15 is 0 Å². The van der Waals surface area contributed by atoms with Crippen molar-refractivity contribution < 1.29 is 8.42 Å². The van der Waals surface area contributed by atoms with Gasteiger partial charge in [0.25, 0.3) is 5.56 Å². The summed E-state index contributed by atoms with van der Waals surface area (Å²) in [5.41, 5.74) is 0.631. The summed E-state index contributed by atoms with van der Waals surface area (Å²) in [6, 6.07) is 6.85. The van der Waals surface area contributed by atoms with Gasteiger partial charge in [-0.3, -0.25) is 9.20 Å². The van der Waals surface area contributed by atoms with E-state index in [1.807, 2.05) is 13.0 Å². The first-order valence-electron chi connectivity index (χ1n) is 6.80. The molecule has 1 aliphatic heterocycles. The molecule has 2 aromatic rings. The molecule has 7 heteroatoms. The monoisotopic (exact) mass is 307 g/mol. The summed E-state index contributed by atoms with van der Waals surface area (Å²) in [7, 11) is -2.95. The molecule has 1 N–H and O–H groups in total. The van der Waals surface area contributed by atoms with Crippen molar-refractivity contribution in [1.29, 1.82) is 0 Å². The first-order valence-corrected chi connectivity index (χ1v) is 8.62. The lowest BCUT2D eigenvalue weighted by molar-refractivity contribution is 0.393. The van der Waals surface area contributed by atoms with Crippen LogP contribution >= 0.6 is 0 Å². The number of rotatable bonds is 3. The molecule has 0 radical (unpaired) electrons. The van der Waals surface area contributed by atoms with Crippen LogP contribution in [0.25, 0.3) is 5.65 Å². The van der Waals surface area contributed by atoms with E-state index < -0.39 is 15.4 Å². The average molecular weight is 307 g/mol. The van der Waals surface area contributed by atoms with Gasteiger partial charge in [-0.2, -0.15) is 0 Å². The van der Waals surface area contributed by atoms with Crippen molar-refractivity contribution in [3.8, 4) is 0 Å². The maximum absolute atomic E-state index is 12.0. The van der Waals surface area contributed by atoms with Crippen LogP contribution in [0.2, 0.25) is 0 Å². The Morgan fingerprint density at radius 3 is 2.95 bits per heavy atom. The molecule has 0 aromatic carbocycles. The molecule has 0 bridgehead atoms. The molecule has 21 heavy (non-hydrogen) atoms. The number of pyridine rings is 1. The van der Waals surface area contributed by atoms with Crippen LogP contribution < -0.4 is 10.9 Å². The molecule has 0 saturated carbocycles. The molecular weight excluding hydrogens is 290 g/mol. The lowest BCUT2D eigenvalue weighted by Gasteiger charge is -2.23. The maximum atomic E-state index is 12.0. The van der Waals surface area contributed by atoms with Crippen molar-refractivity contribution in [3.63, 3.8) is 0 Å². The molecule has 0 spiro atoms. The zero-order chi connectivity index (χ0) is 15.1. The Bertz CT molecular complexity index is 844. The van der Waals surface area contributed by atoms with E-state index in [0.29, 0.717) is 24.3 Å². The third-order valence-electron chi connectivity index (χ3n) is 3.82. The summed E-state index contributed by atoms with van der Waals surface area (Å²) in [5, 5.41) is 3.23. The summed E-state index contributed by atoms with van der Waals surface area (Å²) in [5.74, 6) is 0.344. The summed E-state index contributed by atoms with van der Waals surface area (Å²) >= 11 is 0. The summed E-state index contributed by atoms with van der Waals surface area (Å²) in [4.78, 5) is 16.4. The van der Waals surface area contributed by atoms with Gasteiger partial charge in [0.05, 0.1) is 17.2 Å². The van der Waals surface area contributed by atoms with Crippen molar-refractivity contribution in [2.24, 2.45) is 0 Å². The standard InChI is InChI=1S/C14H17N3O3S/c1-14(5-7-21(19,20)10-14)15-9-11-8-13(18)17-6-3-2-4-12(17)16-11/h2-4,6,8,15H,5,7,9-10H2,1H3. The first kappa shape index (κ1) is 14.2. The number of nitrogens with zero attached hydrogens (tertiary/aromatic N) is 2. The highest BCUT2D eigenvalue weighted by atomic mass is 32.2. The zero-order valence-corrected chi connectivity index (χ0v) is 12.6. The molecule has 112 valence electrons. The second-order valence-electron chi connectivity index (χ2n) is 5.77. The third kappa shape index (κ3) is 2.98. The molecular formula is C14H17N3O3S. The van der Waals surface area contributed by atoms with Crippen LogP contribution in [0.1, 0.15) is 19.0 Å². The molecule has 0 amide bonds. The Labute approximate surface area is 122 Å². The van der Waals surface area contributed by atoms with Gasteiger partial charge in [-0.15, -0.1) is 0 Å². The highest BCUT2D eigenvalue weighted by molar-refractivity contribution is 7.91. The minimum absolute atomic E-state index is 0.132. The van der Waals surface area contributed by atoms with Crippen LogP contribution in [0.15, 0.2) is 35.3 Å². The van der Waals surface area contributed by atoms with E-state index in [2.05, 4.69) is 10.3 Å². The number of sulfone groups is 1. The van der Waals surface area contributed by atoms with Gasteiger partial charge >= 0.3 is 0 Å². The van der Waals surface area contributed by atoms with Gasteiger partial charge in [-0.05, 0) is 25.5 Å². The fraction of sp³-hybridized carbons (Fsp3) is 0.429. The first-order chi connectivity index (χ1) is 9.87. The summed E-state index contributed by atoms with van der Waals surface area (Å²) in [6.45, 7) is 2.28. The van der Waals surface area contributed by atoms with Crippen molar-refractivity contribution in [2.45, 2.75) is 25.4 Å². The Hall–Kier alpha value is -1.73. The lowest BCUT2D eigenvalue weighted by Crippen LogP contribution is -2.43. The largest absolute Gasteiger partial charge is 0.305 e. The summed E-state index contributed by atoms with van der Waals surface area (Å²) < 4.78 is 24.6. The Kier molecular flexibility index (Phi) is 3.33. The van der Waals surface area contributed by atoms with E-state index in [1.54, 1.807) is 18.3 Å². The average Bonchev–Trinajstić information content (AvgIpc) is 2.71. The molecule has 3 rings (SSSR count). The number of aromatic nitrogens is 2. The SMILES string of the molecule is CC1(NCc2cc(=O)n3ccccc3n2)CCS(=O)(=O)C1. The molecule has 1 fully saturated rings. The van der Waals surface area contributed by atoms with Gasteiger partial charge in [0.1, 0.15) is 5.65 Å². The van der Waals surface area contributed by atoms with Crippen LogP contribution in [-0.4, -0.2) is 34.8 Å². The van der Waals surface area contributed by atoms with Crippen LogP contribution in [0.5, 0.6) is 0 Å². The van der Waals surface area contributed by atoms with E-state index in [-0.39, 0.29) is 17.1 Å². The highest BCUT2D eigenvalue weighted by Gasteiger charge is 2.37. The Balaban J connectivity index is 1.82. The zero-order valence-electron chi connectivity index (χ0n) is 11.7. The Morgan fingerprint density at radius 2 is 2.24 bits per heavy atom. The number of hydrogen-bond acceptors (Lipinski definition) is 5. The normalized spacial score (nSPS) is 24.4. The quantitative estimate of drug-likeness (QED) is 0.885. The van der Waals surface area contributed by atoms with Crippen LogP contribution in [0.4, 0.5) is 0 Å². The van der Waals surface area contributed by atoms with E-state index in [9.17, 15) is 13.2 Å². The predicted octanol–water partition coefficient (Wildman–Crippen LogP) is 0.361. The van der Waals surface area contributed by atoms with Gasteiger partial charge in [-0.25, -0.2) is 13.4 Å². The van der Waals surface area contributed by atoms with Crippen LogP contribution in [-0.2, 0) is 16.4 Å². The Morgan fingerprint density at radius 1 is 1.43 bits per heavy atom. The smallest absolute Gasteiger partial charge is 0.258 e. The van der Waals surface area contributed by atoms with Gasteiger partial charge in [0, 0.05) is 24.3 Å². The van der Waals surface area contributed by atoms with Crippen molar-refractivity contribution in [3.05, 3.63) is 46.5 Å². The molecule has 1 aliphatic rings. The molecule has 1 atom stereocenters. The second-order valence-corrected chi connectivity index (χ2v) is 7.95. The number of nitrogens with one attached hydrogen (secondary N) is 1. The van der Waals surface area contributed by atoms with Gasteiger partial charge < -0.3 is 5.32 Å². The predicted molar refractivity (Wildman–Crippen MR) is 80.0 cm³/mol. The molecule has 1 saturated heterocycles. The van der Waals surface area contributed by atoms with Gasteiger partial charge in [0.2, 0.25) is 0 Å². The van der Waals surface area contributed by atoms with E-state index in [0.717, 1.165) is 0 Å². The van der Waals surface area contributed by atoms with E-state index in [4.69, 9.17) is 0 Å². The minimum Gasteiger partial charge on any atom is -0.305 e. The lowest BCUT2D eigenvalue weighted by atomic mass is 10.0. The fourth-order valence-corrected chi connectivity index (χ4v) is 4.77. The summed E-state index contributed by atoms with van der Waals surface area (Å²) in [6.07, 6.45) is 2.26. The second kappa shape index (κ2) is 4.92. The van der Waals surface area contributed by atoms with E-state index in [1.165, 1.54) is 10.5 Å². The maximum Gasteiger partial charge on any atom is 0.258 e. The third-order valence-corrected chi connectivity index (χ3v) is 5.73. The van der Waals surface area contributed by atoms with Gasteiger partial charge in [-0.1, -0.05) is 6.07 Å². The molecule has 3 heterocycles. The number of fused-ring (bicyclic) bond motifs is 1. The van der Waals surface area contributed by atoms with Crippen molar-refractivity contribution in [2.75, 3.05) is 11.5 Å². The molecule has 2 aromatic heterocycles. The van der Waals surface area contributed by atoms with Crippen LogP contribution in [0.3, 0.4) is 0 Å². The fourth-order valence-electron chi connectivity index (χ4n) is 2.65. The molecule has 0 aliphatic carbocycles. The minimum atomic E-state index is -2.95. The molecule has 1 unspecified atom stereocenters. The van der Waals surface area contributed by atoms with Crippen LogP contribution in [0, 0.1) is 0 Å².